The number of piperidine rings is 1. The Morgan fingerprint density at radius 2 is 2.03 bits per heavy atom. The third-order valence-corrected chi connectivity index (χ3v) is 5.88. The van der Waals surface area contributed by atoms with Crippen LogP contribution < -0.4 is 19.7 Å². The van der Waals surface area contributed by atoms with E-state index in [9.17, 15) is 4.79 Å². The van der Waals surface area contributed by atoms with Gasteiger partial charge in [-0.2, -0.15) is 0 Å². The van der Waals surface area contributed by atoms with Gasteiger partial charge in [-0.1, -0.05) is 12.1 Å². The topological polar surface area (TPSA) is 79.5 Å². The van der Waals surface area contributed by atoms with Gasteiger partial charge in [-0.25, -0.2) is 4.98 Å². The first-order valence-electron chi connectivity index (χ1n) is 10.8. The van der Waals surface area contributed by atoms with Crippen LogP contribution in [0.5, 0.6) is 11.5 Å². The fourth-order valence-electron chi connectivity index (χ4n) is 4.15. The number of anilines is 1. The highest BCUT2D eigenvalue weighted by Gasteiger charge is 2.27. The molecule has 4 rings (SSSR count). The van der Waals surface area contributed by atoms with Gasteiger partial charge >= 0.3 is 0 Å². The summed E-state index contributed by atoms with van der Waals surface area (Å²) in [6, 6.07) is 12.1. The van der Waals surface area contributed by atoms with E-state index in [1.165, 1.54) is 5.56 Å². The van der Waals surface area contributed by atoms with Crippen molar-refractivity contribution in [3.8, 4) is 11.5 Å². The summed E-state index contributed by atoms with van der Waals surface area (Å²) in [5.74, 6) is 2.34. The largest absolute Gasteiger partial charge is 0.493 e. The predicted octanol–water partition coefficient (Wildman–Crippen LogP) is 3.46. The van der Waals surface area contributed by atoms with Crippen LogP contribution >= 0.6 is 0 Å². The molecule has 7 nitrogen and oxygen atoms in total. The molecule has 1 saturated heterocycles. The molecule has 0 unspecified atom stereocenters. The molecule has 1 fully saturated rings. The molecule has 1 aliphatic heterocycles. The quantitative estimate of drug-likeness (QED) is 0.610. The summed E-state index contributed by atoms with van der Waals surface area (Å²) in [4.78, 5) is 23.1. The van der Waals surface area contributed by atoms with Crippen LogP contribution in [0.1, 0.15) is 24.0 Å². The number of methoxy groups -OCH3 is 2. The van der Waals surface area contributed by atoms with Gasteiger partial charge in [0.1, 0.15) is 0 Å². The number of nitrogens with zero attached hydrogens (tertiary/aromatic N) is 2. The summed E-state index contributed by atoms with van der Waals surface area (Å²) in [7, 11) is 3.25. The molecule has 2 heterocycles. The van der Waals surface area contributed by atoms with Crippen molar-refractivity contribution < 1.29 is 14.3 Å². The average molecular weight is 423 g/mol. The number of carbonyl (C=O) groups is 1. The zero-order valence-corrected chi connectivity index (χ0v) is 18.4. The monoisotopic (exact) mass is 422 g/mol. The zero-order chi connectivity index (χ0) is 21.8. The fraction of sp³-hybridized carbons (Fsp3) is 0.417. The molecule has 1 atom stereocenters. The SMILES string of the molecule is COc1ccc(CCNC(=O)[C@@H]2CCCN(c3nc4ccc(C)cc4[nH]3)C2)cc1OC. The lowest BCUT2D eigenvalue weighted by Gasteiger charge is -2.31. The second kappa shape index (κ2) is 9.29. The first kappa shape index (κ1) is 21.0. The molecular formula is C24H30N4O3. The molecule has 0 saturated carbocycles. The smallest absolute Gasteiger partial charge is 0.224 e. The summed E-state index contributed by atoms with van der Waals surface area (Å²) in [6.45, 7) is 4.26. The maximum Gasteiger partial charge on any atom is 0.224 e. The summed E-state index contributed by atoms with van der Waals surface area (Å²) >= 11 is 0. The molecule has 0 spiro atoms. The summed E-state index contributed by atoms with van der Waals surface area (Å²) in [5, 5.41) is 3.10. The Kier molecular flexibility index (Phi) is 6.30. The van der Waals surface area contributed by atoms with Gasteiger partial charge < -0.3 is 24.7 Å². The molecule has 1 aromatic heterocycles. The standard InChI is InChI=1S/C24H30N4O3/c1-16-6-8-19-20(13-16)27-24(26-19)28-12-4-5-18(15-28)23(29)25-11-10-17-7-9-21(30-2)22(14-17)31-3/h6-9,13-14,18H,4-5,10-12,15H2,1-3H3,(H,25,29)(H,26,27)/t18-/m1/s1. The number of aromatic nitrogens is 2. The fourth-order valence-corrected chi connectivity index (χ4v) is 4.15. The third-order valence-electron chi connectivity index (χ3n) is 5.88. The molecule has 2 N–H and O–H groups in total. The van der Waals surface area contributed by atoms with E-state index in [1.54, 1.807) is 14.2 Å². The molecule has 0 bridgehead atoms. The Labute approximate surface area is 182 Å². The predicted molar refractivity (Wildman–Crippen MR) is 122 cm³/mol. The lowest BCUT2D eigenvalue weighted by Crippen LogP contribution is -2.43. The third kappa shape index (κ3) is 4.76. The Morgan fingerprint density at radius 1 is 1.19 bits per heavy atom. The van der Waals surface area contributed by atoms with Gasteiger partial charge in [0.25, 0.3) is 0 Å². The van der Waals surface area contributed by atoms with E-state index in [0.717, 1.165) is 48.4 Å². The summed E-state index contributed by atoms with van der Waals surface area (Å²) < 4.78 is 10.6. The Balaban J connectivity index is 1.33. The second-order valence-electron chi connectivity index (χ2n) is 8.10. The molecule has 3 aromatic rings. The van der Waals surface area contributed by atoms with Crippen molar-refractivity contribution in [3.63, 3.8) is 0 Å². The van der Waals surface area contributed by atoms with Crippen LogP contribution in [0.25, 0.3) is 11.0 Å². The highest BCUT2D eigenvalue weighted by atomic mass is 16.5. The van der Waals surface area contributed by atoms with E-state index >= 15 is 0 Å². The minimum Gasteiger partial charge on any atom is -0.493 e. The highest BCUT2D eigenvalue weighted by Crippen LogP contribution is 2.28. The molecule has 7 heteroatoms. The van der Waals surface area contributed by atoms with Crippen LogP contribution in [-0.4, -0.2) is 49.7 Å². The lowest BCUT2D eigenvalue weighted by molar-refractivity contribution is -0.125. The van der Waals surface area contributed by atoms with Crippen LogP contribution in [0.3, 0.4) is 0 Å². The number of aryl methyl sites for hydroxylation is 1. The Morgan fingerprint density at radius 3 is 2.84 bits per heavy atom. The number of fused-ring (bicyclic) bond motifs is 1. The second-order valence-corrected chi connectivity index (χ2v) is 8.10. The number of amides is 1. The van der Waals surface area contributed by atoms with Gasteiger partial charge in [0.2, 0.25) is 11.9 Å². The summed E-state index contributed by atoms with van der Waals surface area (Å²) in [5.41, 5.74) is 4.30. The number of benzene rings is 2. The van der Waals surface area contributed by atoms with Crippen molar-refractivity contribution in [1.82, 2.24) is 15.3 Å². The minimum absolute atomic E-state index is 0.0332. The van der Waals surface area contributed by atoms with E-state index in [0.29, 0.717) is 24.6 Å². The van der Waals surface area contributed by atoms with E-state index < -0.39 is 0 Å². The molecule has 1 aliphatic rings. The highest BCUT2D eigenvalue weighted by molar-refractivity contribution is 5.80. The van der Waals surface area contributed by atoms with Crippen LogP contribution in [0.4, 0.5) is 5.95 Å². The number of imidazole rings is 1. The molecular weight excluding hydrogens is 392 g/mol. The number of ether oxygens (including phenoxy) is 2. The lowest BCUT2D eigenvalue weighted by atomic mass is 9.97. The van der Waals surface area contributed by atoms with Crippen molar-refractivity contribution in [1.29, 1.82) is 0 Å². The number of aromatic amines is 1. The van der Waals surface area contributed by atoms with Crippen LogP contribution in [0.2, 0.25) is 0 Å². The number of nitrogens with one attached hydrogen (secondary N) is 2. The number of carbonyl (C=O) groups excluding carboxylic acids is 1. The number of H-pyrrole nitrogens is 1. The van der Waals surface area contributed by atoms with Crippen LogP contribution in [0.15, 0.2) is 36.4 Å². The maximum absolute atomic E-state index is 12.8. The van der Waals surface area contributed by atoms with E-state index in [2.05, 4.69) is 34.3 Å². The van der Waals surface area contributed by atoms with E-state index in [1.807, 2.05) is 24.3 Å². The van der Waals surface area contributed by atoms with Gasteiger partial charge in [-0.3, -0.25) is 4.79 Å². The zero-order valence-electron chi connectivity index (χ0n) is 18.4. The van der Waals surface area contributed by atoms with Crippen LogP contribution in [0, 0.1) is 12.8 Å². The van der Waals surface area contributed by atoms with Crippen molar-refractivity contribution >= 4 is 22.9 Å². The Hall–Kier alpha value is -3.22. The number of rotatable bonds is 7. The molecule has 2 aromatic carbocycles. The average Bonchev–Trinajstić information content (AvgIpc) is 3.22. The van der Waals surface area contributed by atoms with Crippen molar-refractivity contribution in [2.24, 2.45) is 5.92 Å². The minimum atomic E-state index is -0.0332. The van der Waals surface area contributed by atoms with Gasteiger partial charge in [0.15, 0.2) is 11.5 Å². The number of hydrogen-bond donors (Lipinski definition) is 2. The Bertz CT molecular complexity index is 1060. The van der Waals surface area contributed by atoms with Gasteiger partial charge in [0.05, 0.1) is 31.2 Å². The molecule has 0 radical (unpaired) electrons. The van der Waals surface area contributed by atoms with E-state index in [-0.39, 0.29) is 11.8 Å². The molecule has 31 heavy (non-hydrogen) atoms. The summed E-state index contributed by atoms with van der Waals surface area (Å²) in [6.07, 6.45) is 2.62. The molecule has 164 valence electrons. The first-order chi connectivity index (χ1) is 15.1. The van der Waals surface area contributed by atoms with Crippen molar-refractivity contribution in [2.75, 3.05) is 38.8 Å². The van der Waals surface area contributed by atoms with Crippen molar-refractivity contribution in [2.45, 2.75) is 26.2 Å². The van der Waals surface area contributed by atoms with Gasteiger partial charge in [-0.15, -0.1) is 0 Å². The molecule has 1 amide bonds. The van der Waals surface area contributed by atoms with E-state index in [4.69, 9.17) is 14.5 Å². The first-order valence-corrected chi connectivity index (χ1v) is 10.8. The number of hydrogen-bond acceptors (Lipinski definition) is 5. The molecule has 0 aliphatic carbocycles. The van der Waals surface area contributed by atoms with Crippen LogP contribution in [-0.2, 0) is 11.2 Å². The van der Waals surface area contributed by atoms with Gasteiger partial charge in [0, 0.05) is 19.6 Å². The normalized spacial score (nSPS) is 16.4. The van der Waals surface area contributed by atoms with Crippen molar-refractivity contribution in [3.05, 3.63) is 47.5 Å². The van der Waals surface area contributed by atoms with Gasteiger partial charge in [-0.05, 0) is 61.6 Å². The maximum atomic E-state index is 12.8.